The first-order valence-electron chi connectivity index (χ1n) is 15.7. The second-order valence-corrected chi connectivity index (χ2v) is 14.8. The number of ether oxygens (including phenoxy) is 2. The summed E-state index contributed by atoms with van der Waals surface area (Å²) in [4.78, 5) is 32.1. The van der Waals surface area contributed by atoms with Crippen LogP contribution >= 0.6 is 23.4 Å². The van der Waals surface area contributed by atoms with Crippen LogP contribution in [0.25, 0.3) is 0 Å². The van der Waals surface area contributed by atoms with Gasteiger partial charge < -0.3 is 20.1 Å². The lowest BCUT2D eigenvalue weighted by Gasteiger charge is -2.47. The standard InChI is InChI=1S/C30H44ClF3N4O5S/c1-16-12-21(27-26(35-16)23(15-44-27)29(40)41)20-13-18(31)4-7-25(20)42-10-9-38-17(2)36-24-6-5-19(14-22(24)28(38)39)37(3)8-11-43-30(32,33)34/h16,18-21,23,25-27,35H,4-15H2,1-3H3,(H,40,41). The van der Waals surface area contributed by atoms with Gasteiger partial charge in [0.15, 0.2) is 0 Å². The van der Waals surface area contributed by atoms with Crippen molar-refractivity contribution in [2.75, 3.05) is 32.6 Å². The van der Waals surface area contributed by atoms with Crippen LogP contribution in [0.1, 0.15) is 56.1 Å². The van der Waals surface area contributed by atoms with Gasteiger partial charge in [0, 0.05) is 46.6 Å². The number of carboxylic acids is 1. The SMILES string of the molecule is Cc1nc2c(c(=O)n1CCOC1CCC(Cl)CC1C1CC(C)NC3C(C(=O)O)CSC13)CC(N(C)CCOC(F)(F)F)CC2. The number of likely N-dealkylation sites (N-methyl/N-ethyl adjacent to an activating group) is 1. The Morgan fingerprint density at radius 3 is 2.73 bits per heavy atom. The normalized spacial score (nSPS) is 34.1. The van der Waals surface area contributed by atoms with Gasteiger partial charge in [-0.1, -0.05) is 0 Å². The minimum atomic E-state index is -4.66. The Kier molecular flexibility index (Phi) is 10.9. The molecule has 0 radical (unpaired) electrons. The molecule has 9 atom stereocenters. The maximum atomic E-state index is 13.6. The molecule has 1 aromatic rings. The highest BCUT2D eigenvalue weighted by Gasteiger charge is 2.51. The van der Waals surface area contributed by atoms with Crippen molar-refractivity contribution in [3.8, 4) is 0 Å². The van der Waals surface area contributed by atoms with Crippen LogP contribution in [-0.4, -0.2) is 99.3 Å². The number of hydrogen-bond donors (Lipinski definition) is 2. The number of thioether (sulfide) groups is 1. The van der Waals surface area contributed by atoms with E-state index in [2.05, 4.69) is 17.0 Å². The molecule has 2 aliphatic carbocycles. The maximum absolute atomic E-state index is 13.6. The first-order valence-corrected chi connectivity index (χ1v) is 17.2. The molecule has 4 aliphatic rings. The quantitative estimate of drug-likeness (QED) is 0.361. The Hall–Kier alpha value is -1.38. The average Bonchev–Trinajstić information content (AvgIpc) is 3.38. The molecule has 2 saturated heterocycles. The van der Waals surface area contributed by atoms with Crippen molar-refractivity contribution < 1.29 is 32.5 Å². The molecule has 44 heavy (non-hydrogen) atoms. The Morgan fingerprint density at radius 2 is 2.00 bits per heavy atom. The molecule has 1 saturated carbocycles. The summed E-state index contributed by atoms with van der Waals surface area (Å²) in [6.07, 6.45) is 0.498. The molecule has 248 valence electrons. The number of aryl methyl sites for hydroxylation is 2. The monoisotopic (exact) mass is 664 g/mol. The summed E-state index contributed by atoms with van der Waals surface area (Å²) in [6.45, 7) is 4.29. The molecule has 0 aromatic carbocycles. The third-order valence-electron chi connectivity index (χ3n) is 10.1. The highest BCUT2D eigenvalue weighted by atomic mass is 35.5. The van der Waals surface area contributed by atoms with Crippen LogP contribution in [0.2, 0.25) is 0 Å². The van der Waals surface area contributed by atoms with Crippen molar-refractivity contribution in [3.63, 3.8) is 0 Å². The van der Waals surface area contributed by atoms with Crippen LogP contribution in [0.15, 0.2) is 4.79 Å². The summed E-state index contributed by atoms with van der Waals surface area (Å²) in [7, 11) is 1.76. The van der Waals surface area contributed by atoms with E-state index in [0.717, 1.165) is 31.4 Å². The summed E-state index contributed by atoms with van der Waals surface area (Å²) in [5.41, 5.74) is 1.28. The molecular weight excluding hydrogens is 621 g/mol. The van der Waals surface area contributed by atoms with Crippen LogP contribution in [0.4, 0.5) is 13.2 Å². The maximum Gasteiger partial charge on any atom is 0.522 e. The molecule has 1 aromatic heterocycles. The molecule has 3 fully saturated rings. The van der Waals surface area contributed by atoms with Gasteiger partial charge in [0.2, 0.25) is 0 Å². The minimum absolute atomic E-state index is 0.0241. The van der Waals surface area contributed by atoms with Crippen molar-refractivity contribution in [3.05, 3.63) is 27.4 Å². The third kappa shape index (κ3) is 7.76. The van der Waals surface area contributed by atoms with Crippen molar-refractivity contribution in [1.29, 1.82) is 0 Å². The first kappa shape index (κ1) is 34.0. The van der Waals surface area contributed by atoms with Crippen LogP contribution in [-0.2, 0) is 33.7 Å². The fourth-order valence-electron chi connectivity index (χ4n) is 7.85. The number of alkyl halides is 4. The minimum Gasteiger partial charge on any atom is -0.481 e. The summed E-state index contributed by atoms with van der Waals surface area (Å²) < 4.78 is 49.4. The number of aliphatic carboxylic acids is 1. The van der Waals surface area contributed by atoms with Crippen LogP contribution < -0.4 is 10.9 Å². The van der Waals surface area contributed by atoms with Crippen LogP contribution in [0, 0.1) is 24.7 Å². The fraction of sp³-hybridized carbons (Fsp3) is 0.833. The van der Waals surface area contributed by atoms with Crippen LogP contribution in [0.5, 0.6) is 0 Å². The number of carboxylic acid groups (broad SMARTS) is 1. The summed E-state index contributed by atoms with van der Waals surface area (Å²) >= 11 is 8.45. The number of nitrogens with zero attached hydrogens (tertiary/aromatic N) is 3. The Morgan fingerprint density at radius 1 is 1.23 bits per heavy atom. The van der Waals surface area contributed by atoms with Crippen molar-refractivity contribution in [2.24, 2.45) is 17.8 Å². The van der Waals surface area contributed by atoms with Gasteiger partial charge in [-0.15, -0.1) is 24.8 Å². The number of fused-ring (bicyclic) bond motifs is 2. The second-order valence-electron chi connectivity index (χ2n) is 12.9. The van der Waals surface area contributed by atoms with Gasteiger partial charge in [-0.2, -0.15) is 11.8 Å². The van der Waals surface area contributed by atoms with E-state index in [4.69, 9.17) is 21.3 Å². The number of nitrogens with one attached hydrogen (secondary N) is 1. The Bertz CT molecular complexity index is 1240. The summed E-state index contributed by atoms with van der Waals surface area (Å²) in [5, 5.41) is 13.6. The van der Waals surface area contributed by atoms with Gasteiger partial charge in [0.05, 0.1) is 37.5 Å². The molecule has 2 N–H and O–H groups in total. The number of hydrogen-bond acceptors (Lipinski definition) is 8. The Balaban J connectivity index is 1.23. The lowest BCUT2D eigenvalue weighted by atomic mass is 9.70. The number of piperidine rings is 1. The van der Waals surface area contributed by atoms with E-state index in [1.54, 1.807) is 23.4 Å². The zero-order valence-electron chi connectivity index (χ0n) is 25.5. The molecule has 3 heterocycles. The third-order valence-corrected chi connectivity index (χ3v) is 12.1. The van der Waals surface area contributed by atoms with Gasteiger partial charge in [0.1, 0.15) is 5.82 Å². The van der Waals surface area contributed by atoms with Crippen LogP contribution in [0.3, 0.4) is 0 Å². The lowest BCUT2D eigenvalue weighted by Crippen LogP contribution is -2.57. The van der Waals surface area contributed by atoms with E-state index >= 15 is 0 Å². The summed E-state index contributed by atoms with van der Waals surface area (Å²) in [5.74, 6) is 0.590. The molecule has 0 bridgehead atoms. The van der Waals surface area contributed by atoms with E-state index in [1.165, 1.54) is 0 Å². The van der Waals surface area contributed by atoms with E-state index < -0.39 is 24.9 Å². The zero-order valence-corrected chi connectivity index (χ0v) is 27.1. The van der Waals surface area contributed by atoms with Gasteiger partial charge in [0.25, 0.3) is 5.56 Å². The van der Waals surface area contributed by atoms with Gasteiger partial charge in [-0.05, 0) is 77.7 Å². The number of carbonyl (C=O) groups is 1. The van der Waals surface area contributed by atoms with E-state index in [-0.39, 0.29) is 52.9 Å². The topological polar surface area (TPSA) is 106 Å². The lowest BCUT2D eigenvalue weighted by molar-refractivity contribution is -0.325. The average molecular weight is 665 g/mol. The van der Waals surface area contributed by atoms with Gasteiger partial charge in [-0.3, -0.25) is 18.9 Å². The van der Waals surface area contributed by atoms with E-state index in [9.17, 15) is 27.9 Å². The smallest absolute Gasteiger partial charge is 0.481 e. The molecular formula is C30H44ClF3N4O5S. The molecule has 0 amide bonds. The van der Waals surface area contributed by atoms with E-state index in [1.807, 2.05) is 11.8 Å². The first-order chi connectivity index (χ1) is 20.8. The summed E-state index contributed by atoms with van der Waals surface area (Å²) in [6, 6.07) is 0.0736. The molecule has 5 rings (SSSR count). The van der Waals surface area contributed by atoms with Crippen molar-refractivity contribution >= 4 is 29.3 Å². The molecule has 0 spiro atoms. The van der Waals surface area contributed by atoms with E-state index in [0.29, 0.717) is 55.5 Å². The zero-order chi connectivity index (χ0) is 31.8. The molecule has 9 unspecified atom stereocenters. The van der Waals surface area contributed by atoms with Crippen molar-refractivity contribution in [1.82, 2.24) is 19.8 Å². The highest BCUT2D eigenvalue weighted by Crippen LogP contribution is 2.48. The molecule has 14 heteroatoms. The second kappa shape index (κ2) is 14.2. The number of halogens is 4. The highest BCUT2D eigenvalue weighted by molar-refractivity contribution is 8.00. The van der Waals surface area contributed by atoms with Crippen molar-refractivity contribution in [2.45, 2.75) is 107 Å². The molecule has 2 aliphatic heterocycles. The Labute approximate surface area is 265 Å². The van der Waals surface area contributed by atoms with Gasteiger partial charge >= 0.3 is 12.3 Å². The number of aromatic nitrogens is 2. The fourth-order valence-corrected chi connectivity index (χ4v) is 9.99. The predicted octanol–water partition coefficient (Wildman–Crippen LogP) is 3.85. The predicted molar refractivity (Wildman–Crippen MR) is 162 cm³/mol. The molecule has 9 nitrogen and oxygen atoms in total. The largest absolute Gasteiger partial charge is 0.522 e. The van der Waals surface area contributed by atoms with Gasteiger partial charge in [-0.25, -0.2) is 4.98 Å². The number of rotatable bonds is 10.